The molecule has 1 aliphatic rings. The fraction of sp³-hybridized carbons (Fsp3) is 0.360. The number of aromatic nitrogens is 2. The number of nitrogens with one attached hydrogen (secondary N) is 3. The van der Waals surface area contributed by atoms with Gasteiger partial charge in [0, 0.05) is 11.0 Å². The Labute approximate surface area is 216 Å². The van der Waals surface area contributed by atoms with Gasteiger partial charge in [-0.1, -0.05) is 23.7 Å². The average Bonchev–Trinajstić information content (AvgIpc) is 3.34. The fourth-order valence-corrected chi connectivity index (χ4v) is 4.18. The zero-order chi connectivity index (χ0) is 25.0. The smallest absolute Gasteiger partial charge is 0.229 e. The SMILES string of the molecule is CCOc1ccc(OC)c(Nc2ncc(Cl)c(Nc3ccccc3SNC)n2)c1.CN1CCCC1. The number of anilines is 4. The molecule has 35 heavy (non-hydrogen) atoms. The van der Waals surface area contributed by atoms with Gasteiger partial charge in [-0.15, -0.1) is 0 Å². The molecule has 4 rings (SSSR count). The van der Waals surface area contributed by atoms with Crippen molar-refractivity contribution in [2.24, 2.45) is 0 Å². The highest BCUT2D eigenvalue weighted by Gasteiger charge is 2.12. The van der Waals surface area contributed by atoms with Gasteiger partial charge in [0.05, 0.1) is 31.3 Å². The first-order chi connectivity index (χ1) is 17.0. The third kappa shape index (κ3) is 8.17. The number of methoxy groups -OCH3 is 1. The summed E-state index contributed by atoms with van der Waals surface area (Å²) in [6.45, 7) is 5.14. The molecule has 0 aliphatic carbocycles. The molecule has 0 unspecified atom stereocenters. The number of para-hydroxylation sites is 1. The molecule has 188 valence electrons. The molecule has 3 aromatic rings. The lowest BCUT2D eigenvalue weighted by Gasteiger charge is -2.14. The van der Waals surface area contributed by atoms with E-state index in [0.717, 1.165) is 16.3 Å². The van der Waals surface area contributed by atoms with Gasteiger partial charge >= 0.3 is 0 Å². The maximum absolute atomic E-state index is 6.32. The van der Waals surface area contributed by atoms with E-state index < -0.39 is 0 Å². The van der Waals surface area contributed by atoms with E-state index in [4.69, 9.17) is 21.1 Å². The fourth-order valence-electron chi connectivity index (χ4n) is 3.45. The van der Waals surface area contributed by atoms with Crippen LogP contribution in [0.25, 0.3) is 0 Å². The molecule has 1 aliphatic heterocycles. The third-order valence-electron chi connectivity index (χ3n) is 5.15. The molecule has 3 N–H and O–H groups in total. The lowest BCUT2D eigenvalue weighted by molar-refractivity contribution is 0.339. The molecule has 0 saturated carbocycles. The Balaban J connectivity index is 0.000000497. The van der Waals surface area contributed by atoms with Gasteiger partial charge in [0.2, 0.25) is 5.95 Å². The maximum atomic E-state index is 6.32. The highest BCUT2D eigenvalue weighted by atomic mass is 35.5. The summed E-state index contributed by atoms with van der Waals surface area (Å²) in [7, 11) is 5.64. The number of ether oxygens (including phenoxy) is 2. The normalized spacial score (nSPS) is 13.1. The first-order valence-corrected chi connectivity index (χ1v) is 12.7. The van der Waals surface area contributed by atoms with Crippen molar-refractivity contribution in [3.8, 4) is 11.5 Å². The van der Waals surface area contributed by atoms with E-state index in [1.165, 1.54) is 37.9 Å². The zero-order valence-electron chi connectivity index (χ0n) is 20.6. The molecule has 1 fully saturated rings. The number of halogens is 1. The van der Waals surface area contributed by atoms with Crippen LogP contribution >= 0.6 is 23.5 Å². The van der Waals surface area contributed by atoms with Crippen molar-refractivity contribution < 1.29 is 9.47 Å². The molecule has 0 amide bonds. The van der Waals surface area contributed by atoms with Gasteiger partial charge in [-0.25, -0.2) is 4.98 Å². The summed E-state index contributed by atoms with van der Waals surface area (Å²) in [6.07, 6.45) is 4.37. The topological polar surface area (TPSA) is 83.6 Å². The van der Waals surface area contributed by atoms with Crippen LogP contribution in [0.4, 0.5) is 23.1 Å². The van der Waals surface area contributed by atoms with Crippen LogP contribution in [0.15, 0.2) is 53.6 Å². The first kappa shape index (κ1) is 26.9. The Bertz CT molecular complexity index is 1080. The summed E-state index contributed by atoms with van der Waals surface area (Å²) in [4.78, 5) is 12.2. The van der Waals surface area contributed by atoms with Crippen molar-refractivity contribution in [3.63, 3.8) is 0 Å². The average molecular weight is 517 g/mol. The lowest BCUT2D eigenvalue weighted by Crippen LogP contribution is -2.10. The summed E-state index contributed by atoms with van der Waals surface area (Å²) in [5, 5.41) is 6.86. The van der Waals surface area contributed by atoms with Crippen LogP contribution in [0.2, 0.25) is 5.02 Å². The van der Waals surface area contributed by atoms with Gasteiger partial charge in [-0.2, -0.15) is 4.98 Å². The van der Waals surface area contributed by atoms with E-state index in [-0.39, 0.29) is 0 Å². The lowest BCUT2D eigenvalue weighted by atomic mass is 10.2. The van der Waals surface area contributed by atoms with Crippen LogP contribution in [0.5, 0.6) is 11.5 Å². The van der Waals surface area contributed by atoms with Gasteiger partial charge in [0.1, 0.15) is 16.5 Å². The number of hydrogen-bond donors (Lipinski definition) is 3. The van der Waals surface area contributed by atoms with Crippen molar-refractivity contribution in [1.82, 2.24) is 19.6 Å². The Morgan fingerprint density at radius 2 is 1.86 bits per heavy atom. The highest BCUT2D eigenvalue weighted by molar-refractivity contribution is 7.97. The van der Waals surface area contributed by atoms with Crippen molar-refractivity contribution >= 4 is 46.7 Å². The summed E-state index contributed by atoms with van der Waals surface area (Å²) < 4.78 is 14.1. The van der Waals surface area contributed by atoms with Gasteiger partial charge < -0.3 is 25.0 Å². The minimum atomic E-state index is 0.377. The van der Waals surface area contributed by atoms with Crippen LogP contribution in [0.1, 0.15) is 19.8 Å². The number of nitrogens with zero attached hydrogens (tertiary/aromatic N) is 3. The van der Waals surface area contributed by atoms with Gasteiger partial charge in [0.15, 0.2) is 5.82 Å². The zero-order valence-corrected chi connectivity index (χ0v) is 22.2. The van der Waals surface area contributed by atoms with Crippen LogP contribution in [0.3, 0.4) is 0 Å². The Morgan fingerprint density at radius 1 is 1.09 bits per heavy atom. The molecule has 0 bridgehead atoms. The molecule has 2 heterocycles. The molecule has 2 aromatic carbocycles. The van der Waals surface area contributed by atoms with Gasteiger partial charge in [0.25, 0.3) is 0 Å². The summed E-state index contributed by atoms with van der Waals surface area (Å²) in [5.41, 5.74) is 1.58. The van der Waals surface area contributed by atoms with Crippen molar-refractivity contribution in [3.05, 3.63) is 53.7 Å². The van der Waals surface area contributed by atoms with Crippen LogP contribution in [-0.4, -0.2) is 55.8 Å². The Kier molecular flexibility index (Phi) is 10.7. The molecule has 0 spiro atoms. The number of benzene rings is 2. The molecule has 10 heteroatoms. The van der Waals surface area contributed by atoms with Crippen molar-refractivity contribution in [1.29, 1.82) is 0 Å². The van der Waals surface area contributed by atoms with E-state index in [2.05, 4.69) is 37.3 Å². The second-order valence-corrected chi connectivity index (χ2v) is 9.21. The minimum Gasteiger partial charge on any atom is -0.495 e. The first-order valence-electron chi connectivity index (χ1n) is 11.5. The number of rotatable bonds is 9. The summed E-state index contributed by atoms with van der Waals surface area (Å²) in [5.74, 6) is 2.24. The van der Waals surface area contributed by atoms with Crippen LogP contribution in [0, 0.1) is 0 Å². The van der Waals surface area contributed by atoms with E-state index in [0.29, 0.717) is 34.8 Å². The van der Waals surface area contributed by atoms with Gasteiger partial charge in [-0.3, -0.25) is 4.72 Å². The third-order valence-corrected chi connectivity index (χ3v) is 6.21. The summed E-state index contributed by atoms with van der Waals surface area (Å²) in [6, 6.07) is 13.4. The quantitative estimate of drug-likeness (QED) is 0.298. The maximum Gasteiger partial charge on any atom is 0.229 e. The van der Waals surface area contributed by atoms with Crippen LogP contribution in [-0.2, 0) is 0 Å². The van der Waals surface area contributed by atoms with Crippen molar-refractivity contribution in [2.45, 2.75) is 24.7 Å². The predicted molar refractivity (Wildman–Crippen MR) is 146 cm³/mol. The second kappa shape index (κ2) is 14.0. The van der Waals surface area contributed by atoms with E-state index in [9.17, 15) is 0 Å². The van der Waals surface area contributed by atoms with E-state index in [1.807, 2.05) is 56.4 Å². The van der Waals surface area contributed by atoms with E-state index >= 15 is 0 Å². The highest BCUT2D eigenvalue weighted by Crippen LogP contribution is 2.33. The van der Waals surface area contributed by atoms with Gasteiger partial charge in [-0.05, 0) is 83.2 Å². The van der Waals surface area contributed by atoms with E-state index in [1.54, 1.807) is 13.3 Å². The number of likely N-dealkylation sites (tertiary alicyclic amines) is 1. The molecular formula is C25H33ClN6O2S. The predicted octanol–water partition coefficient (Wildman–Crippen LogP) is 5.96. The molecular weight excluding hydrogens is 484 g/mol. The molecule has 1 saturated heterocycles. The molecule has 8 nitrogen and oxygen atoms in total. The summed E-state index contributed by atoms with van der Waals surface area (Å²) >= 11 is 7.82. The Hall–Kier alpha value is -2.72. The van der Waals surface area contributed by atoms with Crippen molar-refractivity contribution in [2.75, 3.05) is 51.5 Å². The second-order valence-electron chi connectivity index (χ2n) is 7.75. The minimum absolute atomic E-state index is 0.377. The standard InChI is InChI=1S/C20H22ClN5O2S.C5H11N/c1-4-28-13-9-10-17(27-3)16(11-13)25-20-23-12-14(21)19(26-20)24-15-7-5-6-8-18(15)29-22-2;1-6-4-2-3-5-6/h5-12,22H,4H2,1-3H3,(H2,23,24,25,26);2-5H2,1H3. The Morgan fingerprint density at radius 3 is 2.51 bits per heavy atom. The number of hydrogen-bond acceptors (Lipinski definition) is 9. The molecule has 1 aromatic heterocycles. The van der Waals surface area contributed by atoms with Crippen LogP contribution < -0.4 is 24.8 Å². The largest absolute Gasteiger partial charge is 0.495 e. The monoisotopic (exact) mass is 516 g/mol. The molecule has 0 radical (unpaired) electrons. The molecule has 0 atom stereocenters.